The van der Waals surface area contributed by atoms with E-state index in [1.165, 1.54) is 101 Å². The maximum atomic E-state index is 13.5. The van der Waals surface area contributed by atoms with E-state index in [9.17, 15) is 9.35 Å². The number of allylic oxidation sites excluding steroid dienone is 2. The Balaban J connectivity index is 1.25. The average Bonchev–Trinajstić information content (AvgIpc) is 3.11. The van der Waals surface area contributed by atoms with E-state index in [-0.39, 0.29) is 27.9 Å². The van der Waals surface area contributed by atoms with E-state index in [0.29, 0.717) is 6.54 Å². The fourth-order valence-corrected chi connectivity index (χ4v) is 9.59. The molecular formula is C31H55NO2S. The van der Waals surface area contributed by atoms with Crippen molar-refractivity contribution in [3.63, 3.8) is 0 Å². The maximum Gasteiger partial charge on any atom is 0.273 e. The van der Waals surface area contributed by atoms with Crippen molar-refractivity contribution in [3.05, 3.63) is 11.1 Å². The number of unbranched alkanes of at least 4 members (excludes halogenated alkanes) is 15. The Labute approximate surface area is 220 Å². The van der Waals surface area contributed by atoms with Crippen molar-refractivity contribution in [2.24, 2.45) is 16.7 Å². The summed E-state index contributed by atoms with van der Waals surface area (Å²) in [4.78, 5) is 13.4. The Morgan fingerprint density at radius 2 is 1.14 bits per heavy atom. The number of fused-ring (bicyclic) bond motifs is 1. The Morgan fingerprint density at radius 1 is 0.743 bits per heavy atom. The molecule has 1 heterocycles. The van der Waals surface area contributed by atoms with Crippen molar-refractivity contribution < 1.29 is 9.35 Å². The number of rotatable bonds is 17. The molecule has 0 N–H and O–H groups in total. The molecule has 4 rings (SSSR count). The molecule has 0 radical (unpaired) electrons. The Morgan fingerprint density at radius 3 is 1.63 bits per heavy atom. The first-order chi connectivity index (χ1) is 16.8. The van der Waals surface area contributed by atoms with Gasteiger partial charge in [0, 0.05) is 10.8 Å². The van der Waals surface area contributed by atoms with Gasteiger partial charge in [-0.2, -0.15) is 4.31 Å². The number of carbonyl (C=O) groups is 1. The SMILES string of the molecule is CCCCCCCCCCCCCCCCCCN1C(=O)C2C([S+]1[O-])C1(C)CCC2(C)C(C)=C1C. The van der Waals surface area contributed by atoms with Gasteiger partial charge in [-0.25, -0.2) is 0 Å². The second-order valence-electron chi connectivity index (χ2n) is 12.5. The highest BCUT2D eigenvalue weighted by atomic mass is 32.2. The van der Waals surface area contributed by atoms with E-state index in [1.54, 1.807) is 4.31 Å². The van der Waals surface area contributed by atoms with Crippen molar-refractivity contribution in [2.75, 3.05) is 6.54 Å². The van der Waals surface area contributed by atoms with E-state index in [2.05, 4.69) is 34.6 Å². The fraction of sp³-hybridized carbons (Fsp3) is 0.903. The molecule has 4 aliphatic rings. The zero-order valence-electron chi connectivity index (χ0n) is 23.8. The lowest BCUT2D eigenvalue weighted by atomic mass is 9.48. The molecule has 5 unspecified atom stereocenters. The predicted molar refractivity (Wildman–Crippen MR) is 151 cm³/mol. The summed E-state index contributed by atoms with van der Waals surface area (Å²) in [5.74, 6) is 0.0985. The molecule has 1 saturated carbocycles. The lowest BCUT2D eigenvalue weighted by Gasteiger charge is -2.55. The summed E-state index contributed by atoms with van der Waals surface area (Å²) in [6.07, 6.45) is 23.7. The summed E-state index contributed by atoms with van der Waals surface area (Å²) >= 11 is -1.18. The maximum absolute atomic E-state index is 13.5. The molecule has 1 amide bonds. The molecule has 0 aromatic heterocycles. The molecule has 2 bridgehead atoms. The van der Waals surface area contributed by atoms with Crippen molar-refractivity contribution in [2.45, 2.75) is 155 Å². The second kappa shape index (κ2) is 13.4. The largest absolute Gasteiger partial charge is 0.593 e. The average molecular weight is 506 g/mol. The minimum atomic E-state index is -1.18. The van der Waals surface area contributed by atoms with Gasteiger partial charge in [-0.1, -0.05) is 128 Å². The molecule has 0 spiro atoms. The molecule has 0 aromatic carbocycles. The van der Waals surface area contributed by atoms with Gasteiger partial charge >= 0.3 is 0 Å². The molecule has 2 fully saturated rings. The molecule has 1 aliphatic heterocycles. The second-order valence-corrected chi connectivity index (χ2v) is 14.0. The normalized spacial score (nSPS) is 32.1. The van der Waals surface area contributed by atoms with Gasteiger partial charge in [0.1, 0.15) is 5.92 Å². The smallest absolute Gasteiger partial charge is 0.273 e. The van der Waals surface area contributed by atoms with Crippen LogP contribution in [0.3, 0.4) is 0 Å². The number of hydrogen-bond acceptors (Lipinski definition) is 2. The van der Waals surface area contributed by atoms with E-state index in [0.717, 1.165) is 25.7 Å². The van der Waals surface area contributed by atoms with Gasteiger partial charge in [-0.15, -0.1) is 0 Å². The Bertz CT molecular complexity index is 721. The van der Waals surface area contributed by atoms with Gasteiger partial charge in [-0.3, -0.25) is 4.79 Å². The third-order valence-electron chi connectivity index (χ3n) is 10.2. The van der Waals surface area contributed by atoms with Crippen LogP contribution in [0, 0.1) is 16.7 Å². The minimum absolute atomic E-state index is 0.0153. The molecule has 202 valence electrons. The molecule has 1 saturated heterocycles. The quantitative estimate of drug-likeness (QED) is 0.112. The van der Waals surface area contributed by atoms with Crippen LogP contribution in [0.4, 0.5) is 0 Å². The van der Waals surface area contributed by atoms with Gasteiger partial charge < -0.3 is 4.55 Å². The van der Waals surface area contributed by atoms with Gasteiger partial charge in [0.15, 0.2) is 5.25 Å². The van der Waals surface area contributed by atoms with Gasteiger partial charge in [0.25, 0.3) is 5.91 Å². The molecule has 0 aromatic rings. The van der Waals surface area contributed by atoms with Crippen LogP contribution >= 0.6 is 0 Å². The highest BCUT2D eigenvalue weighted by molar-refractivity contribution is 7.90. The highest BCUT2D eigenvalue weighted by Gasteiger charge is 2.71. The lowest BCUT2D eigenvalue weighted by molar-refractivity contribution is -0.135. The van der Waals surface area contributed by atoms with E-state index < -0.39 is 11.4 Å². The molecule has 5 atom stereocenters. The van der Waals surface area contributed by atoms with Crippen molar-refractivity contribution >= 4 is 17.3 Å². The Hall–Kier alpha value is -0.480. The van der Waals surface area contributed by atoms with Crippen molar-refractivity contribution in [3.8, 4) is 0 Å². The number of hydrogen-bond donors (Lipinski definition) is 0. The van der Waals surface area contributed by atoms with Crippen molar-refractivity contribution in [1.82, 2.24) is 4.31 Å². The van der Waals surface area contributed by atoms with Crippen LogP contribution in [0.2, 0.25) is 0 Å². The van der Waals surface area contributed by atoms with Gasteiger partial charge in [0.05, 0.1) is 17.9 Å². The first-order valence-corrected chi connectivity index (χ1v) is 16.4. The number of carbonyl (C=O) groups excluding carboxylic acids is 1. The summed E-state index contributed by atoms with van der Waals surface area (Å²) in [6.45, 7) is 11.9. The monoisotopic (exact) mass is 505 g/mol. The first-order valence-electron chi connectivity index (χ1n) is 15.2. The van der Waals surface area contributed by atoms with Crippen LogP contribution in [0.25, 0.3) is 0 Å². The first kappa shape index (κ1) is 29.1. The molecular weight excluding hydrogens is 450 g/mol. The summed E-state index contributed by atoms with van der Waals surface area (Å²) < 4.78 is 15.3. The van der Waals surface area contributed by atoms with E-state index in [4.69, 9.17) is 0 Å². The molecule has 4 heteroatoms. The number of nitrogens with zero attached hydrogens (tertiary/aromatic N) is 1. The van der Waals surface area contributed by atoms with Crippen molar-refractivity contribution in [1.29, 1.82) is 0 Å². The van der Waals surface area contributed by atoms with E-state index >= 15 is 0 Å². The topological polar surface area (TPSA) is 43.4 Å². The van der Waals surface area contributed by atoms with Crippen LogP contribution in [-0.4, -0.2) is 26.6 Å². The molecule has 3 nitrogen and oxygen atoms in total. The Kier molecular flexibility index (Phi) is 11.1. The third-order valence-corrected chi connectivity index (χ3v) is 12.2. The summed E-state index contributed by atoms with van der Waals surface area (Å²) in [5.41, 5.74) is 2.62. The highest BCUT2D eigenvalue weighted by Crippen LogP contribution is 2.66. The predicted octanol–water partition coefficient (Wildman–Crippen LogP) is 8.90. The van der Waals surface area contributed by atoms with Crippen LogP contribution in [0.1, 0.15) is 150 Å². The van der Waals surface area contributed by atoms with Gasteiger partial charge in [0.2, 0.25) is 0 Å². The minimum Gasteiger partial charge on any atom is -0.593 e. The molecule has 3 aliphatic carbocycles. The summed E-state index contributed by atoms with van der Waals surface area (Å²) in [5, 5.41) is -0.0153. The standard InChI is InChI=1S/C31H55NO2S/c1-6-7-8-9-10-11-12-13-14-15-16-17-18-19-20-21-24-32-29(33)27-28(35(32)34)31(5)23-22-30(27,4)25(2)26(31)3/h27-28H,6-24H2,1-5H3. The molecule has 35 heavy (non-hydrogen) atoms. The van der Waals surface area contributed by atoms with Crippen LogP contribution < -0.4 is 0 Å². The van der Waals surface area contributed by atoms with E-state index in [1.807, 2.05) is 0 Å². The fourth-order valence-electron chi connectivity index (χ4n) is 7.32. The van der Waals surface area contributed by atoms with Crippen LogP contribution in [-0.2, 0) is 16.2 Å². The zero-order valence-corrected chi connectivity index (χ0v) is 24.6. The summed E-state index contributed by atoms with van der Waals surface area (Å²) in [6, 6.07) is 0. The summed E-state index contributed by atoms with van der Waals surface area (Å²) in [7, 11) is 0. The number of amides is 1. The van der Waals surface area contributed by atoms with Gasteiger partial charge in [-0.05, 0) is 33.1 Å². The van der Waals surface area contributed by atoms with Crippen LogP contribution in [0.15, 0.2) is 11.1 Å². The lowest BCUT2D eigenvalue weighted by Crippen LogP contribution is -2.57. The van der Waals surface area contributed by atoms with Crippen LogP contribution in [0.5, 0.6) is 0 Å². The third kappa shape index (κ3) is 6.33. The zero-order chi connectivity index (χ0) is 25.5.